The molecule has 21 atom stereocenters. The van der Waals surface area contributed by atoms with Crippen molar-refractivity contribution in [3.8, 4) is 0 Å². The summed E-state index contributed by atoms with van der Waals surface area (Å²) < 4.78 is 83.1. The number of carbonyl (C=O) groups is 15. The molecule has 12 bridgehead atoms. The van der Waals surface area contributed by atoms with Gasteiger partial charge in [0.05, 0.1) is 76.0 Å². The highest BCUT2D eigenvalue weighted by Crippen LogP contribution is 2.66. The average Bonchev–Trinajstić information content (AvgIpc) is 1.52. The molecule has 8 heterocycles. The number of carbonyl (C=O) groups excluding carboxylic acids is 15. The third kappa shape index (κ3) is 19.3. The second-order valence-electron chi connectivity index (χ2n) is 37.6. The van der Waals surface area contributed by atoms with Crippen molar-refractivity contribution in [2.45, 2.75) is 288 Å². The van der Waals surface area contributed by atoms with E-state index in [2.05, 4.69) is 4.74 Å². The van der Waals surface area contributed by atoms with Gasteiger partial charge in [-0.15, -0.1) is 0 Å². The molecule has 0 radical (unpaired) electrons. The molecule has 15 rings (SSSR count). The van der Waals surface area contributed by atoms with Gasteiger partial charge in [0.1, 0.15) is 43.7 Å². The summed E-state index contributed by atoms with van der Waals surface area (Å²) in [6.07, 6.45) is 10.5. The molecule has 15 aliphatic rings. The fourth-order valence-electron chi connectivity index (χ4n) is 18.1. The number of rotatable bonds is 25. The van der Waals surface area contributed by atoms with Crippen LogP contribution in [0.2, 0.25) is 0 Å². The van der Waals surface area contributed by atoms with Crippen LogP contribution in [-0.4, -0.2) is 197 Å². The summed E-state index contributed by atoms with van der Waals surface area (Å²) >= 11 is 0. The minimum Gasteiger partial charge on any atom is -0.466 e. The Morgan fingerprint density at radius 1 is 0.422 bits per heavy atom. The fourth-order valence-corrected chi connectivity index (χ4v) is 18.1. The largest absolute Gasteiger partial charge is 0.466 e. The van der Waals surface area contributed by atoms with E-state index in [-0.39, 0.29) is 141 Å². The van der Waals surface area contributed by atoms with Crippen molar-refractivity contribution in [1.82, 2.24) is 0 Å². The maximum Gasteiger partial charge on any atom is 0.351 e. The Balaban J connectivity index is 0.000000162. The maximum absolute atomic E-state index is 12.6. The topological polar surface area (TPSA) is 404 Å². The van der Waals surface area contributed by atoms with Crippen molar-refractivity contribution in [3.05, 3.63) is 0 Å². The Kier molecular flexibility index (Phi) is 28.8. The van der Waals surface area contributed by atoms with E-state index in [9.17, 15) is 71.9 Å². The molecule has 8 aliphatic heterocycles. The molecular formula is C85H124O31. The van der Waals surface area contributed by atoms with Gasteiger partial charge in [-0.05, 0) is 203 Å². The number of hydrogen-bond acceptors (Lipinski definition) is 31. The zero-order valence-corrected chi connectivity index (χ0v) is 71.1. The molecule has 0 aromatic carbocycles. The molecule has 650 valence electrons. The Labute approximate surface area is 679 Å². The highest BCUT2D eigenvalue weighted by molar-refractivity contribution is 5.94. The molecule has 0 aromatic rings. The minimum atomic E-state index is -1.23. The van der Waals surface area contributed by atoms with Crippen LogP contribution < -0.4 is 0 Å². The van der Waals surface area contributed by atoms with Crippen molar-refractivity contribution in [2.24, 2.45) is 103 Å². The number of fused-ring (bicyclic) bond motifs is 10. The Morgan fingerprint density at radius 3 is 1.40 bits per heavy atom. The van der Waals surface area contributed by atoms with Gasteiger partial charge >= 0.3 is 89.5 Å². The van der Waals surface area contributed by atoms with Gasteiger partial charge < -0.3 is 75.8 Å². The van der Waals surface area contributed by atoms with E-state index in [4.69, 9.17) is 71.1 Å². The lowest BCUT2D eigenvalue weighted by molar-refractivity contribution is -0.184. The monoisotopic (exact) mass is 1640 g/mol. The summed E-state index contributed by atoms with van der Waals surface area (Å²) in [5.41, 5.74) is -5.47. The number of esters is 15. The van der Waals surface area contributed by atoms with Crippen LogP contribution in [0.3, 0.4) is 0 Å². The summed E-state index contributed by atoms with van der Waals surface area (Å²) in [4.78, 5) is 176. The van der Waals surface area contributed by atoms with E-state index in [1.165, 1.54) is 26.4 Å². The number of ether oxygens (including phenoxy) is 16. The second kappa shape index (κ2) is 36.3. The highest BCUT2D eigenvalue weighted by atomic mass is 16.7. The molecule has 21 unspecified atom stereocenters. The standard InChI is InChI=1S/C18H26O6.C18H28O6.C16H22O6.C15H20O7.C9H16O4.C9H12O2/c1-4-18(2,3)17(21)22-9-14(19)24-15-11-5-10-6-12(8-11)16(20)23-13(15)7-10;1-7-15(2,3)12(19)22-10-11-23-14(21)18-9-8-17(6,13(20)24-18)16(18,4)5;1-4-16(2,3)15(19)20-7-11(17)21-12-8-5-9-10(6-8)14(18)22-13(9)12;1-4-15(2,3)14(18)19-6-9(16)21-11-8-5-7-10(20-8)12(11)22-13(7)17;1-5-9(2,3)8(11)13-6-7(10)12-4;10-9-8-6-2-1-5(3-6)7(8)4-11-9/h10-13,15H,4-9H2,1-3H3;7-11H2,1-6H3;8-10,12-13H,4-7H2,1-3H3;7-8,10-12H,4-6H2,1-3H3;5-6H2,1-4H3;5-8H,1-4H2. The highest BCUT2D eigenvalue weighted by Gasteiger charge is 2.77. The van der Waals surface area contributed by atoms with Crippen molar-refractivity contribution in [2.75, 3.05) is 53.4 Å². The summed E-state index contributed by atoms with van der Waals surface area (Å²) in [6, 6.07) is 0. The zero-order chi connectivity index (χ0) is 85.9. The van der Waals surface area contributed by atoms with Crippen molar-refractivity contribution < 1.29 is 148 Å². The van der Waals surface area contributed by atoms with Gasteiger partial charge in [0, 0.05) is 29.1 Å². The summed E-state index contributed by atoms with van der Waals surface area (Å²) in [7, 11) is 1.25. The number of methoxy groups -OCH3 is 1. The first-order valence-electron chi connectivity index (χ1n) is 41.6. The lowest BCUT2D eigenvalue weighted by Crippen LogP contribution is -2.49. The van der Waals surface area contributed by atoms with Crippen molar-refractivity contribution in [3.63, 3.8) is 0 Å². The molecule has 7 saturated carbocycles. The summed E-state index contributed by atoms with van der Waals surface area (Å²) in [6.45, 7) is 31.9. The van der Waals surface area contributed by atoms with E-state index in [1.807, 2.05) is 55.4 Å². The first-order chi connectivity index (χ1) is 54.2. The smallest absolute Gasteiger partial charge is 0.351 e. The molecular weight excluding hydrogens is 1520 g/mol. The van der Waals surface area contributed by atoms with Gasteiger partial charge in [-0.2, -0.15) is 0 Å². The molecule has 7 aliphatic carbocycles. The average molecular weight is 1640 g/mol. The Bertz CT molecular complexity index is 3620. The molecule has 15 fully saturated rings. The first kappa shape index (κ1) is 91.9. The third-order valence-electron chi connectivity index (χ3n) is 28.3. The van der Waals surface area contributed by atoms with Gasteiger partial charge in [0.15, 0.2) is 38.6 Å². The lowest BCUT2D eigenvalue weighted by atomic mass is 9.66. The van der Waals surface area contributed by atoms with Gasteiger partial charge in [0.2, 0.25) is 5.60 Å². The summed E-state index contributed by atoms with van der Waals surface area (Å²) in [5.74, 6) is -2.46. The normalized spacial score (nSPS) is 33.2. The SMILES string of the molecule is CCC(C)(C)C(=O)OCC(=O)OC.CCC(C)(C)C(=O)OCC(=O)OC1C2CC3C(=O)OC1C3C2.CCC(C)(C)C(=O)OCC(=O)OC1C2CC3C(=O)OC1C3O2.CCC(C)(C)C(=O)OCC(=O)OC1C2CC3CC(C2)C(=O)OC1C3.CCC(C)(C)C(=O)OCCOC(=O)C12CCC(C)(C(=O)O1)C2(C)C.O=C1OCC2C3CCC(C3)C12. The molecule has 0 N–H and O–H groups in total. The van der Waals surface area contributed by atoms with Crippen LogP contribution in [-0.2, 0) is 148 Å². The van der Waals surface area contributed by atoms with E-state index in [0.29, 0.717) is 75.0 Å². The van der Waals surface area contributed by atoms with E-state index >= 15 is 0 Å². The number of cyclic esters (lactones) is 1. The molecule has 0 amide bonds. The van der Waals surface area contributed by atoms with Crippen LogP contribution in [0.1, 0.15) is 234 Å². The second-order valence-corrected chi connectivity index (χ2v) is 37.6. The van der Waals surface area contributed by atoms with Crippen LogP contribution in [0.25, 0.3) is 0 Å². The molecule has 31 nitrogen and oxygen atoms in total. The fraction of sp³-hybridized carbons (Fsp3) is 0.824. The molecule has 0 spiro atoms. The van der Waals surface area contributed by atoms with Crippen LogP contribution in [0.15, 0.2) is 0 Å². The van der Waals surface area contributed by atoms with Crippen LogP contribution >= 0.6 is 0 Å². The first-order valence-corrected chi connectivity index (χ1v) is 41.6. The third-order valence-corrected chi connectivity index (χ3v) is 28.3. The van der Waals surface area contributed by atoms with Gasteiger partial charge in [-0.1, -0.05) is 48.5 Å². The summed E-state index contributed by atoms with van der Waals surface area (Å²) in [5, 5.41) is 0. The van der Waals surface area contributed by atoms with Gasteiger partial charge in [-0.25, -0.2) is 24.0 Å². The van der Waals surface area contributed by atoms with E-state index in [1.54, 1.807) is 69.2 Å². The van der Waals surface area contributed by atoms with Gasteiger partial charge in [0.25, 0.3) is 0 Å². The molecule has 116 heavy (non-hydrogen) atoms. The predicted octanol–water partition coefficient (Wildman–Crippen LogP) is 9.26. The predicted molar refractivity (Wildman–Crippen MR) is 402 cm³/mol. The molecule has 31 heteroatoms. The van der Waals surface area contributed by atoms with Crippen molar-refractivity contribution >= 4 is 89.5 Å². The van der Waals surface area contributed by atoms with Crippen LogP contribution in [0, 0.1) is 103 Å². The Morgan fingerprint density at radius 2 is 0.897 bits per heavy atom. The maximum atomic E-state index is 12.6. The van der Waals surface area contributed by atoms with E-state index < -0.39 is 116 Å². The van der Waals surface area contributed by atoms with Crippen molar-refractivity contribution in [1.29, 1.82) is 0 Å². The van der Waals surface area contributed by atoms with Crippen LogP contribution in [0.5, 0.6) is 0 Å². The number of hydrogen-bond donors (Lipinski definition) is 0. The zero-order valence-electron chi connectivity index (χ0n) is 71.1. The van der Waals surface area contributed by atoms with Crippen LogP contribution in [0.4, 0.5) is 0 Å². The quantitative estimate of drug-likeness (QED) is 0.0466. The Hall–Kier alpha value is -7.99. The minimum absolute atomic E-state index is 0.00424. The van der Waals surface area contributed by atoms with Gasteiger partial charge in [-0.3, -0.25) is 47.9 Å². The molecule has 8 saturated heterocycles. The lowest BCUT2D eigenvalue weighted by Gasteiger charge is -2.41. The molecule has 0 aromatic heterocycles. The van der Waals surface area contributed by atoms with E-state index in [0.717, 1.165) is 51.0 Å².